The lowest BCUT2D eigenvalue weighted by atomic mass is 10.0. The summed E-state index contributed by atoms with van der Waals surface area (Å²) in [6, 6.07) is 4.18. The number of nitrogens with one attached hydrogen (secondary N) is 2. The molecule has 20 heavy (non-hydrogen) atoms. The SMILES string of the molecule is Cc1ccc(NC(=O)NC(CC(C)C)C(=O)O)cc1C. The fourth-order valence-corrected chi connectivity index (χ4v) is 1.84. The van der Waals surface area contributed by atoms with Crippen molar-refractivity contribution in [3.8, 4) is 0 Å². The molecule has 0 saturated carbocycles. The van der Waals surface area contributed by atoms with Gasteiger partial charge in [0.2, 0.25) is 0 Å². The smallest absolute Gasteiger partial charge is 0.326 e. The van der Waals surface area contributed by atoms with Gasteiger partial charge in [0, 0.05) is 5.69 Å². The Labute approximate surface area is 119 Å². The summed E-state index contributed by atoms with van der Waals surface area (Å²) in [5.41, 5.74) is 2.86. The molecule has 2 amide bonds. The topological polar surface area (TPSA) is 78.4 Å². The van der Waals surface area contributed by atoms with Crippen LogP contribution in [-0.2, 0) is 4.79 Å². The molecule has 0 aliphatic carbocycles. The molecule has 0 aromatic heterocycles. The quantitative estimate of drug-likeness (QED) is 0.775. The minimum Gasteiger partial charge on any atom is -0.480 e. The zero-order chi connectivity index (χ0) is 15.3. The van der Waals surface area contributed by atoms with Gasteiger partial charge in [-0.2, -0.15) is 0 Å². The van der Waals surface area contributed by atoms with E-state index in [-0.39, 0.29) is 5.92 Å². The average Bonchev–Trinajstić information content (AvgIpc) is 2.32. The van der Waals surface area contributed by atoms with E-state index < -0.39 is 18.0 Å². The Kier molecular flexibility index (Phi) is 5.55. The Hall–Kier alpha value is -2.04. The summed E-state index contributed by atoms with van der Waals surface area (Å²) in [7, 11) is 0. The molecule has 5 heteroatoms. The van der Waals surface area contributed by atoms with E-state index >= 15 is 0 Å². The zero-order valence-electron chi connectivity index (χ0n) is 12.4. The highest BCUT2D eigenvalue weighted by Gasteiger charge is 2.20. The number of carbonyl (C=O) groups is 2. The molecule has 0 fully saturated rings. The van der Waals surface area contributed by atoms with Crippen molar-refractivity contribution in [1.82, 2.24) is 5.32 Å². The van der Waals surface area contributed by atoms with E-state index in [1.807, 2.05) is 39.8 Å². The molecule has 3 N–H and O–H groups in total. The van der Waals surface area contributed by atoms with Crippen molar-refractivity contribution < 1.29 is 14.7 Å². The monoisotopic (exact) mass is 278 g/mol. The van der Waals surface area contributed by atoms with Crippen LogP contribution in [0.3, 0.4) is 0 Å². The molecule has 1 aromatic carbocycles. The molecule has 1 atom stereocenters. The molecule has 0 aliphatic heterocycles. The van der Waals surface area contributed by atoms with Crippen molar-refractivity contribution >= 4 is 17.7 Å². The van der Waals surface area contributed by atoms with Gasteiger partial charge in [-0.1, -0.05) is 19.9 Å². The number of benzene rings is 1. The van der Waals surface area contributed by atoms with E-state index in [9.17, 15) is 9.59 Å². The maximum absolute atomic E-state index is 11.8. The van der Waals surface area contributed by atoms with Gasteiger partial charge in [0.25, 0.3) is 0 Å². The first-order valence-corrected chi connectivity index (χ1v) is 6.67. The molecule has 0 saturated heterocycles. The third kappa shape index (κ3) is 4.91. The van der Waals surface area contributed by atoms with Gasteiger partial charge in [-0.25, -0.2) is 9.59 Å². The van der Waals surface area contributed by atoms with Gasteiger partial charge in [-0.05, 0) is 49.4 Å². The molecule has 5 nitrogen and oxygen atoms in total. The Morgan fingerprint density at radius 1 is 1.20 bits per heavy atom. The van der Waals surface area contributed by atoms with Gasteiger partial charge in [-0.3, -0.25) is 0 Å². The van der Waals surface area contributed by atoms with Gasteiger partial charge in [0.1, 0.15) is 6.04 Å². The zero-order valence-corrected chi connectivity index (χ0v) is 12.4. The van der Waals surface area contributed by atoms with Crippen LogP contribution in [0.5, 0.6) is 0 Å². The fraction of sp³-hybridized carbons (Fsp3) is 0.467. The molecular weight excluding hydrogens is 256 g/mol. The summed E-state index contributed by atoms with van der Waals surface area (Å²) in [4.78, 5) is 22.9. The van der Waals surface area contributed by atoms with Crippen LogP contribution in [0.2, 0.25) is 0 Å². The molecule has 1 aromatic rings. The number of hydrogen-bond donors (Lipinski definition) is 3. The van der Waals surface area contributed by atoms with Gasteiger partial charge in [0.05, 0.1) is 0 Å². The Morgan fingerprint density at radius 3 is 2.35 bits per heavy atom. The maximum atomic E-state index is 11.8. The van der Waals surface area contributed by atoms with Crippen molar-refractivity contribution in [1.29, 1.82) is 0 Å². The fourth-order valence-electron chi connectivity index (χ4n) is 1.84. The lowest BCUT2D eigenvalue weighted by Gasteiger charge is -2.17. The van der Waals surface area contributed by atoms with E-state index in [2.05, 4.69) is 10.6 Å². The van der Waals surface area contributed by atoms with Gasteiger partial charge >= 0.3 is 12.0 Å². The van der Waals surface area contributed by atoms with Crippen LogP contribution in [0.15, 0.2) is 18.2 Å². The van der Waals surface area contributed by atoms with E-state index in [1.54, 1.807) is 6.07 Å². The minimum absolute atomic E-state index is 0.193. The Bertz CT molecular complexity index is 498. The predicted octanol–water partition coefficient (Wildman–Crippen LogP) is 2.92. The van der Waals surface area contributed by atoms with Crippen molar-refractivity contribution in [2.75, 3.05) is 5.32 Å². The summed E-state index contributed by atoms with van der Waals surface area (Å²) in [5.74, 6) is -0.827. The standard InChI is InChI=1S/C15H22N2O3/c1-9(2)7-13(14(18)19)17-15(20)16-12-6-5-10(3)11(4)8-12/h5-6,8-9,13H,7H2,1-4H3,(H,18,19)(H2,16,17,20). The molecule has 1 rings (SSSR count). The van der Waals surface area contributed by atoms with Crippen molar-refractivity contribution in [3.63, 3.8) is 0 Å². The Morgan fingerprint density at radius 2 is 1.85 bits per heavy atom. The van der Waals surface area contributed by atoms with Crippen LogP contribution in [-0.4, -0.2) is 23.1 Å². The van der Waals surface area contributed by atoms with Crippen molar-refractivity contribution in [2.24, 2.45) is 5.92 Å². The van der Waals surface area contributed by atoms with Crippen LogP contribution in [0.1, 0.15) is 31.4 Å². The second-order valence-corrected chi connectivity index (χ2v) is 5.42. The molecule has 1 unspecified atom stereocenters. The molecule has 110 valence electrons. The average molecular weight is 278 g/mol. The van der Waals surface area contributed by atoms with Crippen LogP contribution in [0.25, 0.3) is 0 Å². The second-order valence-electron chi connectivity index (χ2n) is 5.42. The molecular formula is C15H22N2O3. The van der Waals surface area contributed by atoms with Crippen LogP contribution >= 0.6 is 0 Å². The van der Waals surface area contributed by atoms with Crippen molar-refractivity contribution in [3.05, 3.63) is 29.3 Å². The van der Waals surface area contributed by atoms with Crippen LogP contribution in [0.4, 0.5) is 10.5 Å². The number of carboxylic acid groups (broad SMARTS) is 1. The highest BCUT2D eigenvalue weighted by molar-refractivity contribution is 5.92. The summed E-state index contributed by atoms with van der Waals surface area (Å²) in [6.45, 7) is 7.78. The van der Waals surface area contributed by atoms with Gasteiger partial charge in [0.15, 0.2) is 0 Å². The first-order chi connectivity index (χ1) is 9.29. The van der Waals surface area contributed by atoms with Gasteiger partial charge in [-0.15, -0.1) is 0 Å². The van der Waals surface area contributed by atoms with Crippen LogP contribution in [0, 0.1) is 19.8 Å². The molecule has 0 radical (unpaired) electrons. The number of anilines is 1. The van der Waals surface area contributed by atoms with Crippen molar-refractivity contribution in [2.45, 2.75) is 40.2 Å². The van der Waals surface area contributed by atoms with E-state index in [0.29, 0.717) is 12.1 Å². The molecule has 0 bridgehead atoms. The third-order valence-corrected chi connectivity index (χ3v) is 3.08. The number of urea groups is 1. The molecule has 0 aliphatic rings. The summed E-state index contributed by atoms with van der Waals surface area (Å²) in [5, 5.41) is 14.2. The maximum Gasteiger partial charge on any atom is 0.326 e. The largest absolute Gasteiger partial charge is 0.480 e. The third-order valence-electron chi connectivity index (χ3n) is 3.08. The minimum atomic E-state index is -1.02. The number of amides is 2. The van der Waals surface area contributed by atoms with Crippen LogP contribution < -0.4 is 10.6 Å². The Balaban J connectivity index is 2.65. The summed E-state index contributed by atoms with van der Waals surface area (Å²) >= 11 is 0. The number of rotatable bonds is 5. The number of aryl methyl sites for hydroxylation is 2. The first kappa shape index (κ1) is 16.0. The number of carboxylic acids is 1. The predicted molar refractivity (Wildman–Crippen MR) is 78.9 cm³/mol. The second kappa shape index (κ2) is 6.93. The highest BCUT2D eigenvalue weighted by Crippen LogP contribution is 2.14. The number of hydrogen-bond acceptors (Lipinski definition) is 2. The highest BCUT2D eigenvalue weighted by atomic mass is 16.4. The molecule has 0 spiro atoms. The lowest BCUT2D eigenvalue weighted by Crippen LogP contribution is -2.43. The molecule has 0 heterocycles. The number of aliphatic carboxylic acids is 1. The normalized spacial score (nSPS) is 12.1. The van der Waals surface area contributed by atoms with E-state index in [0.717, 1.165) is 11.1 Å². The first-order valence-electron chi connectivity index (χ1n) is 6.67. The van der Waals surface area contributed by atoms with Gasteiger partial charge < -0.3 is 15.7 Å². The lowest BCUT2D eigenvalue weighted by molar-refractivity contribution is -0.139. The summed E-state index contributed by atoms with van der Waals surface area (Å²) < 4.78 is 0. The number of carbonyl (C=O) groups excluding carboxylic acids is 1. The summed E-state index contributed by atoms with van der Waals surface area (Å²) in [6.07, 6.45) is 0.398. The van der Waals surface area contributed by atoms with E-state index in [1.165, 1.54) is 0 Å². The van der Waals surface area contributed by atoms with E-state index in [4.69, 9.17) is 5.11 Å².